The van der Waals surface area contributed by atoms with Crippen molar-refractivity contribution in [2.24, 2.45) is 0 Å². The van der Waals surface area contributed by atoms with Gasteiger partial charge in [0.1, 0.15) is 4.21 Å². The first kappa shape index (κ1) is 12.3. The molecule has 0 saturated heterocycles. The number of hydrogen-bond donors (Lipinski definition) is 0. The quantitative estimate of drug-likeness (QED) is 0.830. The van der Waals surface area contributed by atoms with Gasteiger partial charge in [0.2, 0.25) is 11.8 Å². The van der Waals surface area contributed by atoms with Crippen molar-refractivity contribution in [2.45, 2.75) is 24.0 Å². The molecule has 0 radical (unpaired) electrons. The van der Waals surface area contributed by atoms with Gasteiger partial charge in [-0.1, -0.05) is 6.07 Å². The number of aromatic nitrogens is 2. The third-order valence-corrected chi connectivity index (χ3v) is 5.46. The molecule has 17 heavy (non-hydrogen) atoms. The third kappa shape index (κ3) is 3.13. The Morgan fingerprint density at radius 3 is 2.82 bits per heavy atom. The molecule has 0 aromatic carbocycles. The molecule has 0 atom stereocenters. The standard InChI is InChI=1S/C10H12N2O3S2/c1-8-11-12-9(15-8)4-3-7-17(13,14)10-5-2-6-16-10/h2,5-6H,3-4,7H2,1H3. The molecule has 0 aliphatic carbocycles. The number of nitrogens with zero attached hydrogens (tertiary/aromatic N) is 2. The fraction of sp³-hybridized carbons (Fsp3) is 0.400. The van der Waals surface area contributed by atoms with Crippen molar-refractivity contribution in [3.05, 3.63) is 29.3 Å². The molecule has 0 fully saturated rings. The van der Waals surface area contributed by atoms with Crippen LogP contribution in [0.25, 0.3) is 0 Å². The van der Waals surface area contributed by atoms with Crippen LogP contribution in [0.1, 0.15) is 18.2 Å². The van der Waals surface area contributed by atoms with E-state index in [1.807, 2.05) is 0 Å². The average molecular weight is 272 g/mol. The largest absolute Gasteiger partial charge is 0.426 e. The first-order valence-corrected chi connectivity index (χ1v) is 7.66. The smallest absolute Gasteiger partial charge is 0.216 e. The second kappa shape index (κ2) is 4.97. The second-order valence-corrected chi connectivity index (χ2v) is 6.85. The van der Waals surface area contributed by atoms with Gasteiger partial charge in [-0.15, -0.1) is 21.5 Å². The number of rotatable bonds is 5. The average Bonchev–Trinajstić information content (AvgIpc) is 2.89. The molecule has 2 heterocycles. The molecule has 0 spiro atoms. The first-order chi connectivity index (χ1) is 8.08. The highest BCUT2D eigenvalue weighted by molar-refractivity contribution is 7.93. The van der Waals surface area contributed by atoms with Gasteiger partial charge in [-0.3, -0.25) is 0 Å². The summed E-state index contributed by atoms with van der Waals surface area (Å²) in [5, 5.41) is 9.26. The number of aryl methyl sites for hydroxylation is 2. The number of thiophene rings is 1. The van der Waals surface area contributed by atoms with Crippen LogP contribution in [-0.4, -0.2) is 24.4 Å². The maximum Gasteiger partial charge on any atom is 0.216 e. The van der Waals surface area contributed by atoms with Crippen LogP contribution in [0.2, 0.25) is 0 Å². The summed E-state index contributed by atoms with van der Waals surface area (Å²) >= 11 is 1.24. The zero-order valence-corrected chi connectivity index (χ0v) is 10.9. The predicted octanol–water partition coefficient (Wildman–Crippen LogP) is 1.85. The van der Waals surface area contributed by atoms with Crippen LogP contribution >= 0.6 is 11.3 Å². The first-order valence-electron chi connectivity index (χ1n) is 5.13. The van der Waals surface area contributed by atoms with E-state index in [1.165, 1.54) is 11.3 Å². The summed E-state index contributed by atoms with van der Waals surface area (Å²) < 4.78 is 29.3. The Morgan fingerprint density at radius 1 is 1.41 bits per heavy atom. The number of hydrogen-bond acceptors (Lipinski definition) is 6. The Labute approximate surface area is 103 Å². The topological polar surface area (TPSA) is 73.1 Å². The summed E-state index contributed by atoms with van der Waals surface area (Å²) in [6.45, 7) is 1.71. The lowest BCUT2D eigenvalue weighted by molar-refractivity contribution is 0.465. The molecule has 0 saturated carbocycles. The van der Waals surface area contributed by atoms with Crippen LogP contribution in [0, 0.1) is 6.92 Å². The Bertz CT molecular complexity index is 572. The molecular weight excluding hydrogens is 260 g/mol. The fourth-order valence-electron chi connectivity index (χ4n) is 1.39. The lowest BCUT2D eigenvalue weighted by Gasteiger charge is -1.99. The van der Waals surface area contributed by atoms with E-state index >= 15 is 0 Å². The van der Waals surface area contributed by atoms with Crippen molar-refractivity contribution in [2.75, 3.05) is 5.75 Å². The molecule has 2 aromatic rings. The van der Waals surface area contributed by atoms with E-state index in [0.29, 0.717) is 28.8 Å². The Hall–Kier alpha value is -1.21. The van der Waals surface area contributed by atoms with Crippen molar-refractivity contribution in [1.29, 1.82) is 0 Å². The van der Waals surface area contributed by atoms with Crippen LogP contribution in [0.5, 0.6) is 0 Å². The van der Waals surface area contributed by atoms with Gasteiger partial charge in [0.25, 0.3) is 0 Å². The van der Waals surface area contributed by atoms with E-state index < -0.39 is 9.84 Å². The molecule has 5 nitrogen and oxygen atoms in total. The van der Waals surface area contributed by atoms with Gasteiger partial charge in [-0.25, -0.2) is 8.42 Å². The monoisotopic (exact) mass is 272 g/mol. The van der Waals surface area contributed by atoms with Crippen molar-refractivity contribution in [1.82, 2.24) is 10.2 Å². The lowest BCUT2D eigenvalue weighted by Crippen LogP contribution is -2.06. The van der Waals surface area contributed by atoms with Crippen LogP contribution in [0.15, 0.2) is 26.1 Å². The molecule has 7 heteroatoms. The summed E-state index contributed by atoms with van der Waals surface area (Å²) in [5.74, 6) is 1.10. The fourth-order valence-corrected chi connectivity index (χ4v) is 3.86. The van der Waals surface area contributed by atoms with Crippen molar-refractivity contribution in [3.63, 3.8) is 0 Å². The molecule has 0 unspecified atom stereocenters. The summed E-state index contributed by atoms with van der Waals surface area (Å²) in [6.07, 6.45) is 0.979. The van der Waals surface area contributed by atoms with Gasteiger partial charge in [0.05, 0.1) is 5.75 Å². The molecule has 92 valence electrons. The zero-order chi connectivity index (χ0) is 12.3. The van der Waals surface area contributed by atoms with Gasteiger partial charge in [-0.2, -0.15) is 0 Å². The van der Waals surface area contributed by atoms with E-state index in [-0.39, 0.29) is 5.75 Å². The number of sulfone groups is 1. The van der Waals surface area contributed by atoms with Gasteiger partial charge >= 0.3 is 0 Å². The van der Waals surface area contributed by atoms with Crippen LogP contribution < -0.4 is 0 Å². The Balaban J connectivity index is 1.91. The van der Waals surface area contributed by atoms with Crippen molar-refractivity contribution in [3.8, 4) is 0 Å². The lowest BCUT2D eigenvalue weighted by atomic mass is 10.3. The molecule has 0 N–H and O–H groups in total. The third-order valence-electron chi connectivity index (χ3n) is 2.17. The summed E-state index contributed by atoms with van der Waals surface area (Å²) in [7, 11) is -3.15. The predicted molar refractivity (Wildman–Crippen MR) is 63.7 cm³/mol. The minimum absolute atomic E-state index is 0.106. The van der Waals surface area contributed by atoms with E-state index in [1.54, 1.807) is 24.4 Å². The molecule has 0 aliphatic rings. The minimum Gasteiger partial charge on any atom is -0.426 e. The molecule has 0 amide bonds. The van der Waals surface area contributed by atoms with E-state index in [0.717, 1.165) is 0 Å². The maximum atomic E-state index is 11.8. The Kier molecular flexibility index (Phi) is 3.58. The maximum absolute atomic E-state index is 11.8. The molecular formula is C10H12N2O3S2. The van der Waals surface area contributed by atoms with E-state index in [4.69, 9.17) is 4.42 Å². The SMILES string of the molecule is Cc1nnc(CCCS(=O)(=O)c2cccs2)o1. The minimum atomic E-state index is -3.15. The highest BCUT2D eigenvalue weighted by Gasteiger charge is 2.15. The Morgan fingerprint density at radius 2 is 2.24 bits per heavy atom. The summed E-state index contributed by atoms with van der Waals surface area (Å²) in [4.78, 5) is 0. The van der Waals surface area contributed by atoms with Gasteiger partial charge in [-0.05, 0) is 17.9 Å². The normalized spacial score (nSPS) is 11.8. The van der Waals surface area contributed by atoms with Crippen molar-refractivity contribution < 1.29 is 12.8 Å². The van der Waals surface area contributed by atoms with E-state index in [2.05, 4.69) is 10.2 Å². The highest BCUT2D eigenvalue weighted by Crippen LogP contribution is 2.18. The molecule has 2 rings (SSSR count). The zero-order valence-electron chi connectivity index (χ0n) is 9.29. The molecule has 2 aromatic heterocycles. The van der Waals surface area contributed by atoms with Gasteiger partial charge in [0, 0.05) is 13.3 Å². The summed E-state index contributed by atoms with van der Waals surface area (Å²) in [5.41, 5.74) is 0. The van der Waals surface area contributed by atoms with Crippen LogP contribution in [0.4, 0.5) is 0 Å². The van der Waals surface area contributed by atoms with Gasteiger partial charge in [0.15, 0.2) is 9.84 Å². The molecule has 0 bridgehead atoms. The molecule has 0 aliphatic heterocycles. The van der Waals surface area contributed by atoms with E-state index in [9.17, 15) is 8.42 Å². The highest BCUT2D eigenvalue weighted by atomic mass is 32.2. The second-order valence-electron chi connectivity index (χ2n) is 3.57. The van der Waals surface area contributed by atoms with Crippen LogP contribution in [0.3, 0.4) is 0 Å². The van der Waals surface area contributed by atoms with Crippen LogP contribution in [-0.2, 0) is 16.3 Å². The van der Waals surface area contributed by atoms with Crippen molar-refractivity contribution >= 4 is 21.2 Å². The summed E-state index contributed by atoms with van der Waals surface area (Å²) in [6, 6.07) is 3.36. The van der Waals surface area contributed by atoms with Gasteiger partial charge < -0.3 is 4.42 Å².